The van der Waals surface area contributed by atoms with Gasteiger partial charge in [-0.05, 0) is 71.1 Å². The summed E-state index contributed by atoms with van der Waals surface area (Å²) in [5.41, 5.74) is -0.407. The summed E-state index contributed by atoms with van der Waals surface area (Å²) in [6.45, 7) is 12.2. The molecular formula is C19H36N2O2. The minimum atomic E-state index is -0.407. The molecule has 0 aromatic carbocycles. The van der Waals surface area contributed by atoms with Crippen LogP contribution in [0.2, 0.25) is 0 Å². The minimum Gasteiger partial charge on any atom is -0.444 e. The Morgan fingerprint density at radius 3 is 2.26 bits per heavy atom. The Labute approximate surface area is 142 Å². The molecule has 0 bridgehead atoms. The van der Waals surface area contributed by atoms with Gasteiger partial charge in [-0.3, -0.25) is 0 Å². The summed E-state index contributed by atoms with van der Waals surface area (Å²) in [5, 5.41) is 3.89. The molecule has 1 heterocycles. The van der Waals surface area contributed by atoms with Gasteiger partial charge >= 0.3 is 6.09 Å². The van der Waals surface area contributed by atoms with Gasteiger partial charge in [-0.2, -0.15) is 0 Å². The van der Waals surface area contributed by atoms with Gasteiger partial charge in [0.15, 0.2) is 0 Å². The van der Waals surface area contributed by atoms with E-state index in [1.54, 1.807) is 0 Å². The lowest BCUT2D eigenvalue weighted by molar-refractivity contribution is 0.0256. The molecule has 0 aromatic rings. The Hall–Kier alpha value is -0.770. The molecule has 0 radical (unpaired) electrons. The third-order valence-corrected chi connectivity index (χ3v) is 5.03. The highest BCUT2D eigenvalue weighted by atomic mass is 16.6. The highest BCUT2D eigenvalue weighted by molar-refractivity contribution is 5.68. The third-order valence-electron chi connectivity index (χ3n) is 5.03. The van der Waals surface area contributed by atoms with E-state index in [0.29, 0.717) is 12.1 Å². The Morgan fingerprint density at radius 2 is 1.65 bits per heavy atom. The van der Waals surface area contributed by atoms with Crippen molar-refractivity contribution in [3.8, 4) is 0 Å². The summed E-state index contributed by atoms with van der Waals surface area (Å²) in [6.07, 6.45) is 7.09. The monoisotopic (exact) mass is 324 g/mol. The molecule has 3 atom stereocenters. The van der Waals surface area contributed by atoms with E-state index in [0.717, 1.165) is 37.8 Å². The molecule has 2 aliphatic rings. The molecule has 1 saturated carbocycles. The van der Waals surface area contributed by atoms with E-state index in [-0.39, 0.29) is 6.09 Å². The number of hydrogen-bond acceptors (Lipinski definition) is 3. The lowest BCUT2D eigenvalue weighted by Gasteiger charge is -2.34. The van der Waals surface area contributed by atoms with Crippen molar-refractivity contribution < 1.29 is 9.53 Å². The minimum absolute atomic E-state index is 0.155. The Morgan fingerprint density at radius 1 is 1.00 bits per heavy atom. The maximum Gasteiger partial charge on any atom is 0.410 e. The second-order valence-electron chi connectivity index (χ2n) is 8.88. The molecule has 2 fully saturated rings. The van der Waals surface area contributed by atoms with Crippen molar-refractivity contribution in [2.24, 2.45) is 11.8 Å². The normalized spacial score (nSPS) is 33.2. The van der Waals surface area contributed by atoms with E-state index >= 15 is 0 Å². The van der Waals surface area contributed by atoms with E-state index in [9.17, 15) is 4.79 Å². The molecule has 2 rings (SSSR count). The van der Waals surface area contributed by atoms with Crippen molar-refractivity contribution in [2.75, 3.05) is 13.1 Å². The van der Waals surface area contributed by atoms with Crippen LogP contribution in [0.5, 0.6) is 0 Å². The maximum absolute atomic E-state index is 12.2. The fraction of sp³-hybridized carbons (Fsp3) is 0.947. The standard InChI is InChI=1S/C19H36N2O2/c1-14-11-15(2)13-17(12-14)20-16-7-6-9-21(10-8-16)18(22)23-19(3,4)5/h14-17,20H,6-13H2,1-5H3. The molecule has 1 aliphatic heterocycles. The van der Waals surface area contributed by atoms with E-state index in [4.69, 9.17) is 4.74 Å². The van der Waals surface area contributed by atoms with Crippen molar-refractivity contribution in [1.29, 1.82) is 0 Å². The van der Waals surface area contributed by atoms with Crippen LogP contribution in [0.15, 0.2) is 0 Å². The number of carbonyl (C=O) groups excluding carboxylic acids is 1. The van der Waals surface area contributed by atoms with Crippen LogP contribution in [-0.2, 0) is 4.74 Å². The van der Waals surface area contributed by atoms with E-state index < -0.39 is 5.60 Å². The van der Waals surface area contributed by atoms with Crippen molar-refractivity contribution >= 4 is 6.09 Å². The molecule has 134 valence electrons. The van der Waals surface area contributed by atoms with Crippen LogP contribution in [0.25, 0.3) is 0 Å². The van der Waals surface area contributed by atoms with Crippen LogP contribution < -0.4 is 5.32 Å². The van der Waals surface area contributed by atoms with Crippen LogP contribution in [0.1, 0.15) is 73.1 Å². The molecule has 0 aromatic heterocycles. The van der Waals surface area contributed by atoms with Gasteiger partial charge in [0.2, 0.25) is 0 Å². The van der Waals surface area contributed by atoms with E-state index in [1.165, 1.54) is 25.7 Å². The molecule has 23 heavy (non-hydrogen) atoms. The number of nitrogens with zero attached hydrogens (tertiary/aromatic N) is 1. The largest absolute Gasteiger partial charge is 0.444 e. The van der Waals surface area contributed by atoms with E-state index in [1.807, 2.05) is 25.7 Å². The van der Waals surface area contributed by atoms with Crippen LogP contribution >= 0.6 is 0 Å². The summed E-state index contributed by atoms with van der Waals surface area (Å²) in [5.74, 6) is 1.67. The first-order chi connectivity index (χ1) is 10.7. The second-order valence-corrected chi connectivity index (χ2v) is 8.88. The zero-order chi connectivity index (χ0) is 17.0. The highest BCUT2D eigenvalue weighted by Gasteiger charge is 2.28. The molecule has 4 heteroatoms. The predicted octanol–water partition coefficient (Wildman–Crippen LogP) is 4.19. The first-order valence-corrected chi connectivity index (χ1v) is 9.47. The molecule has 1 saturated heterocycles. The van der Waals surface area contributed by atoms with Gasteiger partial charge in [0, 0.05) is 25.2 Å². The van der Waals surface area contributed by atoms with Gasteiger partial charge < -0.3 is 15.0 Å². The Bertz CT molecular complexity index is 381. The van der Waals surface area contributed by atoms with Crippen molar-refractivity contribution in [1.82, 2.24) is 10.2 Å². The number of likely N-dealkylation sites (tertiary alicyclic amines) is 1. The molecule has 1 amide bonds. The van der Waals surface area contributed by atoms with Gasteiger partial charge in [0.25, 0.3) is 0 Å². The number of amides is 1. The smallest absolute Gasteiger partial charge is 0.410 e. The number of nitrogens with one attached hydrogen (secondary N) is 1. The average Bonchev–Trinajstić information content (AvgIpc) is 2.61. The number of rotatable bonds is 2. The zero-order valence-electron chi connectivity index (χ0n) is 15.7. The molecule has 3 unspecified atom stereocenters. The van der Waals surface area contributed by atoms with Crippen molar-refractivity contribution in [2.45, 2.75) is 90.8 Å². The van der Waals surface area contributed by atoms with Gasteiger partial charge in [-0.15, -0.1) is 0 Å². The summed E-state index contributed by atoms with van der Waals surface area (Å²) < 4.78 is 5.51. The van der Waals surface area contributed by atoms with Crippen LogP contribution in [0.4, 0.5) is 4.79 Å². The first-order valence-electron chi connectivity index (χ1n) is 9.47. The van der Waals surface area contributed by atoms with Gasteiger partial charge in [-0.25, -0.2) is 4.79 Å². The zero-order valence-corrected chi connectivity index (χ0v) is 15.7. The number of carbonyl (C=O) groups is 1. The lowest BCUT2D eigenvalue weighted by Crippen LogP contribution is -2.43. The SMILES string of the molecule is CC1CC(C)CC(NC2CCCN(C(=O)OC(C)(C)C)CC2)C1. The Balaban J connectivity index is 1.80. The summed E-state index contributed by atoms with van der Waals surface area (Å²) >= 11 is 0. The summed E-state index contributed by atoms with van der Waals surface area (Å²) in [6, 6.07) is 1.21. The topological polar surface area (TPSA) is 41.6 Å². The second kappa shape index (κ2) is 7.87. The predicted molar refractivity (Wildman–Crippen MR) is 94.5 cm³/mol. The van der Waals surface area contributed by atoms with E-state index in [2.05, 4.69) is 19.2 Å². The van der Waals surface area contributed by atoms with Crippen LogP contribution in [0.3, 0.4) is 0 Å². The molecule has 1 aliphatic carbocycles. The quantitative estimate of drug-likeness (QED) is 0.828. The van der Waals surface area contributed by atoms with Crippen LogP contribution in [-0.4, -0.2) is 41.8 Å². The number of hydrogen-bond donors (Lipinski definition) is 1. The fourth-order valence-electron chi connectivity index (χ4n) is 4.19. The Kier molecular flexibility index (Phi) is 6.35. The van der Waals surface area contributed by atoms with Gasteiger partial charge in [0.1, 0.15) is 5.60 Å². The van der Waals surface area contributed by atoms with Crippen LogP contribution in [0, 0.1) is 11.8 Å². The average molecular weight is 325 g/mol. The number of ether oxygens (including phenoxy) is 1. The van der Waals surface area contributed by atoms with Crippen molar-refractivity contribution in [3.63, 3.8) is 0 Å². The summed E-state index contributed by atoms with van der Waals surface area (Å²) in [7, 11) is 0. The first kappa shape index (κ1) is 18.6. The van der Waals surface area contributed by atoms with Gasteiger partial charge in [0.05, 0.1) is 0 Å². The molecular weight excluding hydrogens is 288 g/mol. The molecule has 0 spiro atoms. The third kappa shape index (κ3) is 6.33. The molecule has 1 N–H and O–H groups in total. The lowest BCUT2D eigenvalue weighted by atomic mass is 9.80. The summed E-state index contributed by atoms with van der Waals surface area (Å²) in [4.78, 5) is 14.1. The maximum atomic E-state index is 12.2. The molecule has 4 nitrogen and oxygen atoms in total. The van der Waals surface area contributed by atoms with Crippen molar-refractivity contribution in [3.05, 3.63) is 0 Å². The van der Waals surface area contributed by atoms with Gasteiger partial charge in [-0.1, -0.05) is 13.8 Å². The fourth-order valence-corrected chi connectivity index (χ4v) is 4.19. The highest BCUT2D eigenvalue weighted by Crippen LogP contribution is 2.29.